The zero-order valence-electron chi connectivity index (χ0n) is 13.0. The third kappa shape index (κ3) is 3.98. The molecule has 1 saturated carbocycles. The first-order chi connectivity index (χ1) is 10.2. The summed E-state index contributed by atoms with van der Waals surface area (Å²) in [5.41, 5.74) is -1.12. The summed E-state index contributed by atoms with van der Waals surface area (Å²) < 4.78 is 10.7. The van der Waals surface area contributed by atoms with Gasteiger partial charge in [0, 0.05) is 6.42 Å². The lowest BCUT2D eigenvalue weighted by atomic mass is 10.2. The van der Waals surface area contributed by atoms with E-state index in [2.05, 4.69) is 5.32 Å². The minimum atomic E-state index is -1.39. The van der Waals surface area contributed by atoms with Crippen molar-refractivity contribution in [3.63, 3.8) is 0 Å². The Morgan fingerprint density at radius 1 is 1.32 bits per heavy atom. The van der Waals surface area contributed by atoms with Gasteiger partial charge < -0.3 is 19.9 Å². The number of hydrogen-bond donors (Lipinski definition) is 2. The molecule has 0 heterocycles. The molecule has 1 aliphatic rings. The number of alkyl carbamates (subject to hydrolysis) is 1. The Labute approximate surface area is 129 Å². The lowest BCUT2D eigenvalue weighted by Crippen LogP contribution is -2.48. The number of carbonyl (C=O) groups is 2. The molecule has 0 aromatic heterocycles. The van der Waals surface area contributed by atoms with E-state index >= 15 is 0 Å². The molecule has 0 bridgehead atoms. The molecular formula is C16H21NO5. The maximum atomic E-state index is 11.8. The number of nitrogens with one attached hydrogen (secondary N) is 1. The van der Waals surface area contributed by atoms with Crippen LogP contribution in [0, 0.1) is 0 Å². The van der Waals surface area contributed by atoms with Crippen LogP contribution in [-0.4, -0.2) is 34.4 Å². The Balaban J connectivity index is 1.92. The first-order valence-electron chi connectivity index (χ1n) is 7.13. The number of carboxylic acids is 1. The highest BCUT2D eigenvalue weighted by Gasteiger charge is 2.63. The summed E-state index contributed by atoms with van der Waals surface area (Å²) in [7, 11) is 0. The van der Waals surface area contributed by atoms with Crippen molar-refractivity contribution in [2.45, 2.75) is 51.0 Å². The fraction of sp³-hybridized carbons (Fsp3) is 0.500. The van der Waals surface area contributed by atoms with E-state index in [1.54, 1.807) is 20.8 Å². The van der Waals surface area contributed by atoms with Crippen molar-refractivity contribution in [1.29, 1.82) is 0 Å². The quantitative estimate of drug-likeness (QED) is 0.872. The van der Waals surface area contributed by atoms with E-state index in [4.69, 9.17) is 9.47 Å². The molecule has 1 fully saturated rings. The Kier molecular flexibility index (Phi) is 4.42. The predicted molar refractivity (Wildman–Crippen MR) is 79.4 cm³/mol. The highest BCUT2D eigenvalue weighted by atomic mass is 16.6. The van der Waals surface area contributed by atoms with Crippen molar-refractivity contribution < 1.29 is 24.2 Å². The van der Waals surface area contributed by atoms with Crippen LogP contribution in [0.1, 0.15) is 32.8 Å². The molecule has 0 aliphatic heterocycles. The normalized spacial score (nSPS) is 23.7. The molecule has 2 rings (SSSR count). The predicted octanol–water partition coefficient (Wildman–Crippen LogP) is 2.32. The van der Waals surface area contributed by atoms with Gasteiger partial charge in [0.15, 0.2) is 5.54 Å². The molecule has 22 heavy (non-hydrogen) atoms. The van der Waals surface area contributed by atoms with Crippen LogP contribution in [0.2, 0.25) is 0 Å². The van der Waals surface area contributed by atoms with E-state index < -0.39 is 29.3 Å². The fourth-order valence-corrected chi connectivity index (χ4v) is 2.10. The molecule has 0 spiro atoms. The average Bonchev–Trinajstić information content (AvgIpc) is 3.10. The third-order valence-corrected chi connectivity index (χ3v) is 3.30. The Morgan fingerprint density at radius 3 is 2.50 bits per heavy atom. The second-order valence-electron chi connectivity index (χ2n) is 6.39. The van der Waals surface area contributed by atoms with E-state index in [9.17, 15) is 14.7 Å². The van der Waals surface area contributed by atoms with Gasteiger partial charge in [-0.3, -0.25) is 0 Å². The van der Waals surface area contributed by atoms with Crippen molar-refractivity contribution in [1.82, 2.24) is 5.32 Å². The number of amides is 1. The second-order valence-corrected chi connectivity index (χ2v) is 6.39. The number of benzene rings is 1. The van der Waals surface area contributed by atoms with Crippen molar-refractivity contribution in [3.05, 3.63) is 35.9 Å². The van der Waals surface area contributed by atoms with Crippen LogP contribution in [0.3, 0.4) is 0 Å². The lowest BCUT2D eigenvalue weighted by Gasteiger charge is -2.22. The molecule has 2 atom stereocenters. The minimum absolute atomic E-state index is 0.231. The molecule has 6 heteroatoms. The molecule has 2 N–H and O–H groups in total. The SMILES string of the molecule is CC(C)(C)OC(=O)NC1(C(=O)O)CC1OCc1ccccc1. The molecule has 1 aromatic carbocycles. The van der Waals surface area contributed by atoms with E-state index in [-0.39, 0.29) is 6.42 Å². The van der Waals surface area contributed by atoms with Gasteiger partial charge in [0.2, 0.25) is 0 Å². The summed E-state index contributed by atoms with van der Waals surface area (Å²) >= 11 is 0. The maximum absolute atomic E-state index is 11.8. The summed E-state index contributed by atoms with van der Waals surface area (Å²) in [5, 5.41) is 11.8. The van der Waals surface area contributed by atoms with Gasteiger partial charge in [-0.15, -0.1) is 0 Å². The number of carbonyl (C=O) groups excluding carboxylic acids is 1. The van der Waals surface area contributed by atoms with Gasteiger partial charge in [-0.05, 0) is 26.3 Å². The largest absolute Gasteiger partial charge is 0.479 e. The second kappa shape index (κ2) is 5.96. The van der Waals surface area contributed by atoms with Crippen molar-refractivity contribution in [2.24, 2.45) is 0 Å². The zero-order chi connectivity index (χ0) is 16.4. The molecule has 0 radical (unpaired) electrons. The molecular weight excluding hydrogens is 286 g/mol. The van der Waals surface area contributed by atoms with Gasteiger partial charge in [0.1, 0.15) is 5.60 Å². The van der Waals surface area contributed by atoms with Crippen molar-refractivity contribution in [2.75, 3.05) is 0 Å². The van der Waals surface area contributed by atoms with Gasteiger partial charge in [-0.2, -0.15) is 0 Å². The van der Waals surface area contributed by atoms with Crippen molar-refractivity contribution in [3.8, 4) is 0 Å². The van der Waals surface area contributed by atoms with Crippen LogP contribution < -0.4 is 5.32 Å². The minimum Gasteiger partial charge on any atom is -0.479 e. The summed E-state index contributed by atoms with van der Waals surface area (Å²) in [4.78, 5) is 23.2. The Hall–Kier alpha value is -2.08. The summed E-state index contributed by atoms with van der Waals surface area (Å²) in [6.07, 6.45) is -1.08. The fourth-order valence-electron chi connectivity index (χ4n) is 2.10. The van der Waals surface area contributed by atoms with Gasteiger partial charge in [0.25, 0.3) is 0 Å². The van der Waals surface area contributed by atoms with Crippen LogP contribution >= 0.6 is 0 Å². The topological polar surface area (TPSA) is 84.9 Å². The zero-order valence-corrected chi connectivity index (χ0v) is 13.0. The highest BCUT2D eigenvalue weighted by molar-refractivity contribution is 5.89. The Morgan fingerprint density at radius 2 is 1.95 bits per heavy atom. The van der Waals surface area contributed by atoms with Crippen LogP contribution in [0.15, 0.2) is 30.3 Å². The van der Waals surface area contributed by atoms with E-state index in [1.807, 2.05) is 30.3 Å². The number of rotatable bonds is 5. The molecule has 1 aromatic rings. The number of hydrogen-bond acceptors (Lipinski definition) is 4. The van der Waals surface area contributed by atoms with Gasteiger partial charge in [0.05, 0.1) is 12.7 Å². The smallest absolute Gasteiger partial charge is 0.408 e. The monoisotopic (exact) mass is 307 g/mol. The third-order valence-electron chi connectivity index (χ3n) is 3.30. The van der Waals surface area contributed by atoms with Gasteiger partial charge in [-0.1, -0.05) is 30.3 Å². The van der Waals surface area contributed by atoms with Crippen LogP contribution in [0.4, 0.5) is 4.79 Å². The molecule has 2 unspecified atom stereocenters. The van der Waals surface area contributed by atoms with Gasteiger partial charge >= 0.3 is 12.1 Å². The molecule has 1 aliphatic carbocycles. The molecule has 1 amide bonds. The number of aliphatic carboxylic acids is 1. The van der Waals surface area contributed by atoms with Gasteiger partial charge in [-0.25, -0.2) is 9.59 Å². The first-order valence-corrected chi connectivity index (χ1v) is 7.13. The summed E-state index contributed by atoms with van der Waals surface area (Å²) in [6, 6.07) is 9.45. The number of ether oxygens (including phenoxy) is 2. The summed E-state index contributed by atoms with van der Waals surface area (Å²) in [6.45, 7) is 5.46. The van der Waals surface area contributed by atoms with E-state index in [1.165, 1.54) is 0 Å². The van der Waals surface area contributed by atoms with E-state index in [0.29, 0.717) is 6.61 Å². The average molecular weight is 307 g/mol. The molecule has 120 valence electrons. The molecule has 0 saturated heterocycles. The number of carboxylic acid groups (broad SMARTS) is 1. The lowest BCUT2D eigenvalue weighted by molar-refractivity contribution is -0.142. The standard InChI is InChI=1S/C16H21NO5/c1-15(2,3)22-14(20)17-16(13(18)19)9-12(16)21-10-11-7-5-4-6-8-11/h4-8,12H,9-10H2,1-3H3,(H,17,20)(H,18,19). The van der Waals surface area contributed by atoms with E-state index in [0.717, 1.165) is 5.56 Å². The van der Waals surface area contributed by atoms with Crippen LogP contribution in [0.25, 0.3) is 0 Å². The first kappa shape index (κ1) is 16.3. The molecule has 6 nitrogen and oxygen atoms in total. The van der Waals surface area contributed by atoms with Crippen molar-refractivity contribution >= 4 is 12.1 Å². The van der Waals surface area contributed by atoms with Crippen LogP contribution in [0.5, 0.6) is 0 Å². The summed E-state index contributed by atoms with van der Waals surface area (Å²) in [5.74, 6) is -1.11. The highest BCUT2D eigenvalue weighted by Crippen LogP contribution is 2.40. The maximum Gasteiger partial charge on any atom is 0.408 e. The van der Waals surface area contributed by atoms with Crippen LogP contribution in [-0.2, 0) is 20.9 Å². The Bertz CT molecular complexity index is 551.